The SMILES string of the molecule is O=[C-]c1ccccc1[C](=[Ni])C(c1ccncc1)C(F)(F)F.[Ni]. The maximum Gasteiger partial charge on any atom is 0 e. The molecule has 0 bridgehead atoms. The van der Waals surface area contributed by atoms with Gasteiger partial charge in [-0.3, -0.25) is 0 Å². The van der Waals surface area contributed by atoms with Crippen LogP contribution in [0.2, 0.25) is 0 Å². The summed E-state index contributed by atoms with van der Waals surface area (Å²) in [7, 11) is 0. The third kappa shape index (κ3) is 4.12. The minimum absolute atomic E-state index is 0. The van der Waals surface area contributed by atoms with Crippen molar-refractivity contribution in [3.63, 3.8) is 0 Å². The molecule has 0 aliphatic rings. The van der Waals surface area contributed by atoms with Gasteiger partial charge in [0.25, 0.3) is 0 Å². The number of halogens is 3. The molecular weight excluding hydrogens is 385 g/mol. The van der Waals surface area contributed by atoms with Gasteiger partial charge in [-0.25, -0.2) is 0 Å². The molecule has 1 atom stereocenters. The van der Waals surface area contributed by atoms with Gasteiger partial charge in [0.1, 0.15) is 0 Å². The van der Waals surface area contributed by atoms with Crippen LogP contribution >= 0.6 is 0 Å². The Morgan fingerprint density at radius 1 is 1.14 bits per heavy atom. The van der Waals surface area contributed by atoms with Gasteiger partial charge < -0.3 is 0 Å². The molecule has 1 unspecified atom stereocenters. The van der Waals surface area contributed by atoms with E-state index < -0.39 is 12.1 Å². The van der Waals surface area contributed by atoms with Gasteiger partial charge in [-0.2, -0.15) is 0 Å². The van der Waals surface area contributed by atoms with E-state index in [4.69, 9.17) is 0 Å². The third-order valence-electron chi connectivity index (χ3n) is 2.88. The van der Waals surface area contributed by atoms with E-state index >= 15 is 0 Å². The molecule has 0 aliphatic heterocycles. The number of benzene rings is 1. The second-order valence-corrected chi connectivity index (χ2v) is 4.75. The van der Waals surface area contributed by atoms with Crippen LogP contribution in [0.25, 0.3) is 0 Å². The minimum atomic E-state index is -4.55. The molecule has 0 aliphatic carbocycles. The molecule has 0 spiro atoms. The van der Waals surface area contributed by atoms with Crippen LogP contribution in [-0.4, -0.2) is 21.9 Å². The number of rotatable bonds is 4. The molecule has 1 aromatic heterocycles. The first-order valence-corrected chi connectivity index (χ1v) is 6.38. The first-order chi connectivity index (χ1) is 9.95. The average molecular weight is 394 g/mol. The Balaban J connectivity index is 0.00000242. The summed E-state index contributed by atoms with van der Waals surface area (Å²) in [5.41, 5.74) is 0.119. The maximum atomic E-state index is 13.4. The largest absolute Gasteiger partial charge is 0 e. The normalized spacial score (nSPS) is 12.2. The molecule has 7 heteroatoms. The van der Waals surface area contributed by atoms with E-state index in [0.29, 0.717) is 0 Å². The van der Waals surface area contributed by atoms with Crippen molar-refractivity contribution in [2.24, 2.45) is 0 Å². The summed E-state index contributed by atoms with van der Waals surface area (Å²) in [5, 5.41) is 0. The number of nitrogens with zero attached hydrogens (tertiary/aromatic N) is 1. The van der Waals surface area contributed by atoms with E-state index in [2.05, 4.69) is 20.0 Å². The topological polar surface area (TPSA) is 30.0 Å². The van der Waals surface area contributed by atoms with Gasteiger partial charge in [0.05, 0.1) is 0 Å². The van der Waals surface area contributed by atoms with Crippen LogP contribution in [0.5, 0.6) is 0 Å². The Hall–Kier alpha value is -1.31. The first-order valence-electron chi connectivity index (χ1n) is 5.88. The van der Waals surface area contributed by atoms with Crippen molar-refractivity contribution in [3.05, 3.63) is 65.5 Å². The Morgan fingerprint density at radius 2 is 1.73 bits per heavy atom. The van der Waals surface area contributed by atoms with Crippen LogP contribution < -0.4 is 0 Å². The van der Waals surface area contributed by atoms with Crippen LogP contribution in [0.4, 0.5) is 13.2 Å². The molecule has 122 valence electrons. The van der Waals surface area contributed by atoms with Crippen molar-refractivity contribution in [2.45, 2.75) is 12.1 Å². The van der Waals surface area contributed by atoms with Gasteiger partial charge >= 0.3 is 126 Å². The molecule has 0 fully saturated rings. The molecule has 0 amide bonds. The quantitative estimate of drug-likeness (QED) is 0.590. The predicted octanol–water partition coefficient (Wildman–Crippen LogP) is 2.95. The van der Waals surface area contributed by atoms with Crippen molar-refractivity contribution < 1.29 is 49.5 Å². The summed E-state index contributed by atoms with van der Waals surface area (Å²) < 4.78 is 39.8. The van der Waals surface area contributed by atoms with Crippen LogP contribution in [0.1, 0.15) is 22.6 Å². The van der Waals surface area contributed by atoms with Gasteiger partial charge in [-0.15, -0.1) is 0 Å². The van der Waals surface area contributed by atoms with E-state index in [0.717, 1.165) is 0 Å². The molecule has 2 aromatic rings. The van der Waals surface area contributed by atoms with Crippen LogP contribution in [0.15, 0.2) is 48.8 Å². The van der Waals surface area contributed by atoms with E-state index in [-0.39, 0.29) is 37.7 Å². The second kappa shape index (κ2) is 7.80. The van der Waals surface area contributed by atoms with E-state index in [1.165, 1.54) is 42.7 Å². The Bertz CT molecular complexity index is 659. The predicted molar refractivity (Wildman–Crippen MR) is 68.4 cm³/mol. The summed E-state index contributed by atoms with van der Waals surface area (Å²) >= 11 is 4.64. The third-order valence-corrected chi connectivity index (χ3v) is 3.43. The maximum absolute atomic E-state index is 13.4. The van der Waals surface area contributed by atoms with Gasteiger partial charge in [0, 0.05) is 16.5 Å². The summed E-state index contributed by atoms with van der Waals surface area (Å²) in [4.78, 5) is 14.6. The Kier molecular flexibility index (Phi) is 6.64. The second-order valence-electron chi connectivity index (χ2n) is 4.22. The molecule has 0 saturated heterocycles. The van der Waals surface area contributed by atoms with E-state index in [9.17, 15) is 18.0 Å². The fourth-order valence-electron chi connectivity index (χ4n) is 1.94. The zero-order valence-electron chi connectivity index (χ0n) is 10.8. The molecule has 0 saturated carbocycles. The van der Waals surface area contributed by atoms with Crippen molar-refractivity contribution in [1.29, 1.82) is 0 Å². The van der Waals surface area contributed by atoms with Crippen molar-refractivity contribution in [1.82, 2.24) is 4.98 Å². The molecule has 2 nitrogen and oxygen atoms in total. The first kappa shape index (κ1) is 18.7. The van der Waals surface area contributed by atoms with Crippen molar-refractivity contribution in [3.8, 4) is 0 Å². The standard InChI is InChI=1S/C15H9F3NO.2Ni/c16-15(17,18)14(11-5-7-19-8-6-11)9-12-3-1-2-4-13(12)10-20;;/h1-8,14H;;/q-1;;. The number of pyridine rings is 1. The summed E-state index contributed by atoms with van der Waals surface area (Å²) in [6.07, 6.45) is -0.373. The van der Waals surface area contributed by atoms with E-state index in [1.54, 1.807) is 12.4 Å². The summed E-state index contributed by atoms with van der Waals surface area (Å²) in [5.74, 6) is -1.95. The molecule has 1 aromatic carbocycles. The molecular formula is C15H9F3NNi2O-. The number of carbonyl (C=O) groups excluding carboxylic acids is 1. The number of alkyl halides is 3. The zero-order chi connectivity index (χ0) is 15.5. The molecule has 1 heterocycles. The fourth-order valence-corrected chi connectivity index (χ4v) is 2.48. The molecule has 22 heavy (non-hydrogen) atoms. The number of hydrogen-bond acceptors (Lipinski definition) is 2. The number of hydrogen-bond donors (Lipinski definition) is 0. The van der Waals surface area contributed by atoms with Gasteiger partial charge in [0.15, 0.2) is 0 Å². The molecule has 0 N–H and O–H groups in total. The van der Waals surface area contributed by atoms with Crippen LogP contribution in [0.3, 0.4) is 0 Å². The fraction of sp³-hybridized carbons (Fsp3) is 0.133. The summed E-state index contributed by atoms with van der Waals surface area (Å²) in [6.45, 7) is 0. The zero-order valence-corrected chi connectivity index (χ0v) is 12.8. The molecule has 0 radical (unpaired) electrons. The number of aromatic nitrogens is 1. The van der Waals surface area contributed by atoms with Gasteiger partial charge in [-0.05, 0) is 0 Å². The average Bonchev–Trinajstić information content (AvgIpc) is 2.47. The van der Waals surface area contributed by atoms with Gasteiger partial charge in [-0.1, -0.05) is 0 Å². The smallest absolute Gasteiger partial charge is 0 e. The Labute approximate surface area is 143 Å². The van der Waals surface area contributed by atoms with Crippen LogP contribution in [0, 0.1) is 0 Å². The van der Waals surface area contributed by atoms with Crippen molar-refractivity contribution >= 4 is 10.8 Å². The van der Waals surface area contributed by atoms with Crippen LogP contribution in [-0.2, 0) is 36.3 Å². The van der Waals surface area contributed by atoms with Crippen molar-refractivity contribution in [2.75, 3.05) is 0 Å². The monoisotopic (exact) mass is 392 g/mol. The Morgan fingerprint density at radius 3 is 2.27 bits per heavy atom. The van der Waals surface area contributed by atoms with E-state index in [1.807, 2.05) is 0 Å². The summed E-state index contributed by atoms with van der Waals surface area (Å²) in [6, 6.07) is 8.41. The molecule has 2 rings (SSSR count). The minimum Gasteiger partial charge on any atom is 0 e. The van der Waals surface area contributed by atoms with Gasteiger partial charge in [0.2, 0.25) is 0 Å².